The fourth-order valence-electron chi connectivity index (χ4n) is 6.01. The van der Waals surface area contributed by atoms with E-state index >= 15 is 0 Å². The molecule has 17 heteroatoms. The number of nitrogens with zero attached hydrogens (tertiary/aromatic N) is 5. The predicted molar refractivity (Wildman–Crippen MR) is 185 cm³/mol. The molecule has 1 saturated carbocycles. The number of ether oxygens (including phenoxy) is 2. The molecular weight excluding hydrogens is 697 g/mol. The van der Waals surface area contributed by atoms with E-state index in [9.17, 15) is 32.3 Å². The van der Waals surface area contributed by atoms with Gasteiger partial charge in [-0.15, -0.1) is 10.2 Å². The Morgan fingerprint density at radius 2 is 1.57 bits per heavy atom. The molecule has 2 heterocycles. The summed E-state index contributed by atoms with van der Waals surface area (Å²) >= 11 is 0. The summed E-state index contributed by atoms with van der Waals surface area (Å²) in [5.41, 5.74) is 8.33. The van der Waals surface area contributed by atoms with Gasteiger partial charge in [0.15, 0.2) is 0 Å². The first kappa shape index (κ1) is 38.4. The number of hydrogen-bond acceptors (Lipinski definition) is 10. The molecule has 53 heavy (non-hydrogen) atoms. The molecule has 0 unspecified atom stereocenters. The largest absolute Gasteiger partial charge is 0.491 e. The standard InChI is InChI=1S/C36H39F3N8O6/c1-35(2,3)53-34(51)42-19-22-6-10-25(11-7-22)32(49)47(27-15-12-24(13-16-27)31-43-45-46-44-31)28(30(40)48)18-21-4-8-23(9-5-21)26-14-17-29(41-20-26)52-33(50)36(37,38)39/h4-5,8-9,12-17,20,22,25,28H,6-7,10-11,18-19H2,1-3H3,(H2,40,48)(H,42,51)(H,43,44,45,46)/t22?,25?,28-/m0/s1. The number of primary amides is 1. The first-order valence-electron chi connectivity index (χ1n) is 16.8. The van der Waals surface area contributed by atoms with Crippen molar-refractivity contribution in [3.63, 3.8) is 0 Å². The maximum absolute atomic E-state index is 14.4. The SMILES string of the molecule is CC(C)(C)OC(=O)NCC1CCC(C(=O)N(c2ccc(-c3nn[nH]n3)cc2)[C@@H](Cc2ccc(-c3ccc(OC(=O)C(F)(F)F)nc3)cc2)C(N)=O)CC1. The van der Waals surface area contributed by atoms with Crippen LogP contribution in [0.4, 0.5) is 23.7 Å². The maximum atomic E-state index is 14.4. The number of anilines is 1. The van der Waals surface area contributed by atoms with Crippen LogP contribution in [-0.4, -0.2) is 73.8 Å². The number of H-pyrrole nitrogens is 1. The molecule has 14 nitrogen and oxygen atoms in total. The van der Waals surface area contributed by atoms with Gasteiger partial charge in [-0.05, 0) is 99.0 Å². The van der Waals surface area contributed by atoms with Crippen LogP contribution in [0.1, 0.15) is 52.0 Å². The van der Waals surface area contributed by atoms with Crippen LogP contribution < -0.4 is 20.7 Å². The summed E-state index contributed by atoms with van der Waals surface area (Å²) in [6.45, 7) is 5.79. The number of amides is 3. The highest BCUT2D eigenvalue weighted by Gasteiger charge is 2.41. The lowest BCUT2D eigenvalue weighted by Gasteiger charge is -2.36. The first-order chi connectivity index (χ1) is 25.1. The molecule has 0 spiro atoms. The molecule has 1 aliphatic carbocycles. The molecule has 0 aliphatic heterocycles. The lowest BCUT2D eigenvalue weighted by atomic mass is 9.81. The summed E-state index contributed by atoms with van der Waals surface area (Å²) in [5.74, 6) is -3.74. The van der Waals surface area contributed by atoms with Gasteiger partial charge in [0.05, 0.1) is 0 Å². The van der Waals surface area contributed by atoms with Crippen molar-refractivity contribution in [1.29, 1.82) is 0 Å². The number of halogens is 3. The van der Waals surface area contributed by atoms with E-state index < -0.39 is 47.6 Å². The number of carbonyl (C=O) groups is 4. The van der Waals surface area contributed by atoms with Crippen molar-refractivity contribution in [2.45, 2.75) is 70.7 Å². The third kappa shape index (κ3) is 10.4. The molecule has 1 aliphatic rings. The molecular formula is C36H39F3N8O6. The Morgan fingerprint density at radius 3 is 2.11 bits per heavy atom. The molecule has 4 N–H and O–H groups in total. The van der Waals surface area contributed by atoms with Gasteiger partial charge in [-0.25, -0.2) is 14.6 Å². The van der Waals surface area contributed by atoms with Crippen molar-refractivity contribution < 1.29 is 41.8 Å². The summed E-state index contributed by atoms with van der Waals surface area (Å²) in [5, 5.41) is 16.8. The average Bonchev–Trinajstić information content (AvgIpc) is 3.66. The van der Waals surface area contributed by atoms with Crippen LogP contribution >= 0.6 is 0 Å². The van der Waals surface area contributed by atoms with Gasteiger partial charge in [0.1, 0.15) is 11.6 Å². The molecule has 5 rings (SSSR count). The van der Waals surface area contributed by atoms with Gasteiger partial charge in [-0.2, -0.15) is 18.4 Å². The van der Waals surface area contributed by atoms with E-state index in [-0.39, 0.29) is 18.2 Å². The van der Waals surface area contributed by atoms with Crippen LogP contribution in [0.5, 0.6) is 5.88 Å². The highest BCUT2D eigenvalue weighted by Crippen LogP contribution is 2.33. The highest BCUT2D eigenvalue weighted by atomic mass is 19.4. The van der Waals surface area contributed by atoms with E-state index in [0.717, 1.165) is 6.07 Å². The monoisotopic (exact) mass is 736 g/mol. The van der Waals surface area contributed by atoms with Crippen molar-refractivity contribution in [3.05, 3.63) is 72.4 Å². The summed E-state index contributed by atoms with van der Waals surface area (Å²) in [6.07, 6.45) is -1.86. The minimum atomic E-state index is -5.15. The number of aromatic amines is 1. The average molecular weight is 737 g/mol. The molecule has 2 aromatic heterocycles. The van der Waals surface area contributed by atoms with Crippen LogP contribution in [0, 0.1) is 11.8 Å². The van der Waals surface area contributed by atoms with Crippen LogP contribution in [0.2, 0.25) is 0 Å². The Balaban J connectivity index is 1.32. The Hall–Kier alpha value is -5.87. The summed E-state index contributed by atoms with van der Waals surface area (Å²) in [6, 6.07) is 15.3. The van der Waals surface area contributed by atoms with E-state index in [0.29, 0.717) is 66.0 Å². The molecule has 3 amide bonds. The zero-order valence-electron chi connectivity index (χ0n) is 29.2. The quantitative estimate of drug-likeness (QED) is 0.173. The second kappa shape index (κ2) is 16.2. The Bertz CT molecular complexity index is 1870. The number of aromatic nitrogens is 5. The Labute approximate surface area is 302 Å². The maximum Gasteiger partial charge on any atom is 0.491 e. The predicted octanol–water partition coefficient (Wildman–Crippen LogP) is 5.16. The zero-order chi connectivity index (χ0) is 38.3. The lowest BCUT2D eigenvalue weighted by Crippen LogP contribution is -2.52. The number of tetrazole rings is 1. The number of nitrogens with one attached hydrogen (secondary N) is 2. The molecule has 1 atom stereocenters. The van der Waals surface area contributed by atoms with Gasteiger partial charge in [0.2, 0.25) is 23.5 Å². The fraction of sp³-hybridized carbons (Fsp3) is 0.389. The third-order valence-corrected chi connectivity index (χ3v) is 8.64. The van der Waals surface area contributed by atoms with Gasteiger partial charge < -0.3 is 20.5 Å². The van der Waals surface area contributed by atoms with Gasteiger partial charge >= 0.3 is 18.2 Å². The molecule has 0 bridgehead atoms. The number of rotatable bonds is 11. The summed E-state index contributed by atoms with van der Waals surface area (Å²) in [7, 11) is 0. The van der Waals surface area contributed by atoms with Crippen molar-refractivity contribution in [2.75, 3.05) is 11.4 Å². The highest BCUT2D eigenvalue weighted by molar-refractivity contribution is 6.01. The number of carbonyl (C=O) groups excluding carboxylic acids is 4. The topological polar surface area (TPSA) is 195 Å². The van der Waals surface area contributed by atoms with Crippen molar-refractivity contribution in [3.8, 4) is 28.4 Å². The first-order valence-corrected chi connectivity index (χ1v) is 16.8. The van der Waals surface area contributed by atoms with Gasteiger partial charge in [0.25, 0.3) is 0 Å². The number of hydrogen-bond donors (Lipinski definition) is 3. The minimum Gasteiger partial charge on any atom is -0.444 e. The number of alkyl carbamates (subject to hydrolysis) is 1. The van der Waals surface area contributed by atoms with Crippen LogP contribution in [-0.2, 0) is 25.5 Å². The van der Waals surface area contributed by atoms with Crippen LogP contribution in [0.15, 0.2) is 66.9 Å². The van der Waals surface area contributed by atoms with E-state index in [1.54, 1.807) is 69.3 Å². The van der Waals surface area contributed by atoms with Gasteiger partial charge in [-0.1, -0.05) is 24.3 Å². The van der Waals surface area contributed by atoms with E-state index in [1.807, 2.05) is 0 Å². The molecule has 280 valence electrons. The van der Waals surface area contributed by atoms with Gasteiger partial charge in [0, 0.05) is 48.0 Å². The number of pyridine rings is 1. The van der Waals surface area contributed by atoms with Gasteiger partial charge in [-0.3, -0.25) is 14.5 Å². The Kier molecular flexibility index (Phi) is 11.7. The molecule has 4 aromatic rings. The van der Waals surface area contributed by atoms with Crippen LogP contribution in [0.3, 0.4) is 0 Å². The van der Waals surface area contributed by atoms with E-state index in [2.05, 4.69) is 35.7 Å². The summed E-state index contributed by atoms with van der Waals surface area (Å²) < 4.78 is 47.2. The number of nitrogens with two attached hydrogens (primary N) is 1. The smallest absolute Gasteiger partial charge is 0.444 e. The molecule has 0 saturated heterocycles. The molecule has 0 radical (unpaired) electrons. The second-order valence-electron chi connectivity index (χ2n) is 13.7. The second-order valence-corrected chi connectivity index (χ2v) is 13.7. The fourth-order valence-corrected chi connectivity index (χ4v) is 6.01. The van der Waals surface area contributed by atoms with Crippen molar-refractivity contribution >= 4 is 29.6 Å². The Morgan fingerprint density at radius 1 is 0.925 bits per heavy atom. The van der Waals surface area contributed by atoms with E-state index in [4.69, 9.17) is 10.5 Å². The normalized spacial score (nSPS) is 16.6. The zero-order valence-corrected chi connectivity index (χ0v) is 29.2. The number of alkyl halides is 3. The van der Waals surface area contributed by atoms with Crippen LogP contribution in [0.25, 0.3) is 22.5 Å². The minimum absolute atomic E-state index is 0.0771. The van der Waals surface area contributed by atoms with Crippen molar-refractivity contribution in [2.24, 2.45) is 17.6 Å². The summed E-state index contributed by atoms with van der Waals surface area (Å²) in [4.78, 5) is 56.0. The number of esters is 1. The number of benzene rings is 2. The van der Waals surface area contributed by atoms with E-state index in [1.165, 1.54) is 17.2 Å². The lowest BCUT2D eigenvalue weighted by molar-refractivity contribution is -0.190. The third-order valence-electron chi connectivity index (χ3n) is 8.64. The van der Waals surface area contributed by atoms with Crippen molar-refractivity contribution in [1.82, 2.24) is 30.9 Å². The molecule has 2 aromatic carbocycles. The molecule has 1 fully saturated rings.